The molecule has 162 valence electrons. The van der Waals surface area contributed by atoms with Crippen molar-refractivity contribution in [1.29, 1.82) is 0 Å². The molecule has 0 bridgehead atoms. The summed E-state index contributed by atoms with van der Waals surface area (Å²) in [6.45, 7) is 4.37. The van der Waals surface area contributed by atoms with Gasteiger partial charge in [-0.3, -0.25) is 9.69 Å². The van der Waals surface area contributed by atoms with Crippen LogP contribution in [-0.4, -0.2) is 30.2 Å². The predicted octanol–water partition coefficient (Wildman–Crippen LogP) is 6.86. The van der Waals surface area contributed by atoms with Crippen molar-refractivity contribution in [3.05, 3.63) is 82.2 Å². The summed E-state index contributed by atoms with van der Waals surface area (Å²) < 4.78 is 0. The number of benzene rings is 2. The zero-order chi connectivity index (χ0) is 21.6. The van der Waals surface area contributed by atoms with E-state index in [1.54, 1.807) is 23.1 Å². The number of carbonyl (C=O) groups excluding carboxylic acids is 1. The summed E-state index contributed by atoms with van der Waals surface area (Å²) in [5.41, 5.74) is 3.22. The normalized spacial score (nSPS) is 15.5. The van der Waals surface area contributed by atoms with Crippen LogP contribution in [0.2, 0.25) is 0 Å². The maximum absolute atomic E-state index is 13.0. The zero-order valence-electron chi connectivity index (χ0n) is 18.3. The first-order valence-corrected chi connectivity index (χ1v) is 13.1. The molecule has 0 saturated carbocycles. The van der Waals surface area contributed by atoms with Crippen LogP contribution in [-0.2, 0) is 6.42 Å². The molecule has 31 heavy (non-hydrogen) atoms. The average Bonchev–Trinajstić information content (AvgIpc) is 3.23. The van der Waals surface area contributed by atoms with Crippen molar-refractivity contribution < 1.29 is 4.79 Å². The molecule has 1 unspecified atom stereocenters. The Hall–Kier alpha value is -2.08. The van der Waals surface area contributed by atoms with Gasteiger partial charge in [-0.15, -0.1) is 23.1 Å². The highest BCUT2D eigenvalue weighted by atomic mass is 32.2. The third-order valence-corrected chi connectivity index (χ3v) is 7.86. The van der Waals surface area contributed by atoms with Crippen LogP contribution in [0.3, 0.4) is 0 Å². The maximum Gasteiger partial charge on any atom is 0.256 e. The van der Waals surface area contributed by atoms with E-state index in [-0.39, 0.29) is 11.9 Å². The van der Waals surface area contributed by atoms with Crippen LogP contribution in [0.5, 0.6) is 0 Å². The van der Waals surface area contributed by atoms with Crippen LogP contribution in [0.25, 0.3) is 0 Å². The Balaban J connectivity index is 1.72. The lowest BCUT2D eigenvalue weighted by Crippen LogP contribution is -2.34. The van der Waals surface area contributed by atoms with Gasteiger partial charge in [0, 0.05) is 20.9 Å². The van der Waals surface area contributed by atoms with E-state index in [2.05, 4.69) is 53.7 Å². The molecule has 0 spiro atoms. The van der Waals surface area contributed by atoms with Crippen molar-refractivity contribution >= 4 is 34.0 Å². The lowest BCUT2D eigenvalue weighted by atomic mass is 9.95. The minimum atomic E-state index is -0.0403. The highest BCUT2D eigenvalue weighted by molar-refractivity contribution is 7.98. The molecule has 1 atom stereocenters. The third kappa shape index (κ3) is 5.22. The quantitative estimate of drug-likeness (QED) is 0.399. The summed E-state index contributed by atoms with van der Waals surface area (Å²) in [5, 5.41) is 4.22. The summed E-state index contributed by atoms with van der Waals surface area (Å²) in [4.78, 5) is 18.1. The minimum Gasteiger partial charge on any atom is -0.313 e. The van der Waals surface area contributed by atoms with E-state index < -0.39 is 0 Å². The second-order valence-electron chi connectivity index (χ2n) is 7.94. The molecule has 3 nitrogen and oxygen atoms in total. The summed E-state index contributed by atoms with van der Waals surface area (Å²) in [7, 11) is 0. The SMILES string of the molecule is CCc1cc(C(c2ccc(SC)cc2)N2CCCCC2)c(NC(=O)c2ccccc2)s1. The molecule has 2 aromatic carbocycles. The number of hydrogen-bond donors (Lipinski definition) is 1. The number of rotatable bonds is 7. The van der Waals surface area contributed by atoms with E-state index in [1.165, 1.54) is 40.2 Å². The number of aryl methyl sites for hydroxylation is 1. The molecule has 0 aliphatic carbocycles. The highest BCUT2D eigenvalue weighted by Gasteiger charge is 2.28. The number of nitrogens with one attached hydrogen (secondary N) is 1. The predicted molar refractivity (Wildman–Crippen MR) is 134 cm³/mol. The summed E-state index contributed by atoms with van der Waals surface area (Å²) >= 11 is 3.48. The van der Waals surface area contributed by atoms with E-state index >= 15 is 0 Å². The first-order valence-electron chi connectivity index (χ1n) is 11.1. The van der Waals surface area contributed by atoms with Crippen molar-refractivity contribution in [1.82, 2.24) is 4.90 Å². The van der Waals surface area contributed by atoms with Crippen LogP contribution in [0, 0.1) is 0 Å². The van der Waals surface area contributed by atoms with Gasteiger partial charge in [0.1, 0.15) is 5.00 Å². The van der Waals surface area contributed by atoms with Crippen LogP contribution >= 0.6 is 23.1 Å². The van der Waals surface area contributed by atoms with E-state index in [0.717, 1.165) is 24.5 Å². The Morgan fingerprint density at radius 3 is 2.42 bits per heavy atom. The van der Waals surface area contributed by atoms with E-state index in [9.17, 15) is 4.79 Å². The Labute approximate surface area is 193 Å². The number of amides is 1. The van der Waals surface area contributed by atoms with Crippen LogP contribution in [0.4, 0.5) is 5.00 Å². The fourth-order valence-electron chi connectivity index (χ4n) is 4.25. The molecule has 1 aliphatic rings. The van der Waals surface area contributed by atoms with E-state index in [4.69, 9.17) is 0 Å². The second kappa shape index (κ2) is 10.5. The van der Waals surface area contributed by atoms with Crippen molar-refractivity contribution in [2.75, 3.05) is 24.7 Å². The Morgan fingerprint density at radius 1 is 1.06 bits per heavy atom. The van der Waals surface area contributed by atoms with Gasteiger partial charge in [-0.25, -0.2) is 0 Å². The first-order chi connectivity index (χ1) is 15.2. The number of anilines is 1. The highest BCUT2D eigenvalue weighted by Crippen LogP contribution is 2.41. The lowest BCUT2D eigenvalue weighted by Gasteiger charge is -2.35. The molecule has 1 saturated heterocycles. The second-order valence-corrected chi connectivity index (χ2v) is 9.96. The maximum atomic E-state index is 13.0. The average molecular weight is 451 g/mol. The largest absolute Gasteiger partial charge is 0.313 e. The number of likely N-dealkylation sites (tertiary alicyclic amines) is 1. The number of thiophene rings is 1. The van der Waals surface area contributed by atoms with Crippen LogP contribution in [0.15, 0.2) is 65.6 Å². The van der Waals surface area contributed by atoms with E-state index in [1.807, 2.05) is 30.3 Å². The third-order valence-electron chi connectivity index (χ3n) is 5.91. The molecule has 1 aliphatic heterocycles. The van der Waals surface area contributed by atoms with Crippen molar-refractivity contribution in [3.63, 3.8) is 0 Å². The molecule has 1 aromatic heterocycles. The fourth-order valence-corrected chi connectivity index (χ4v) is 5.68. The lowest BCUT2D eigenvalue weighted by molar-refractivity contribution is 0.102. The molecular weight excluding hydrogens is 420 g/mol. The van der Waals surface area contributed by atoms with Gasteiger partial charge in [0.05, 0.1) is 6.04 Å². The zero-order valence-corrected chi connectivity index (χ0v) is 19.9. The topological polar surface area (TPSA) is 32.3 Å². The van der Waals surface area contributed by atoms with Gasteiger partial charge in [0.2, 0.25) is 0 Å². The molecule has 4 rings (SSSR count). The van der Waals surface area contributed by atoms with Gasteiger partial charge in [-0.2, -0.15) is 0 Å². The van der Waals surface area contributed by atoms with Gasteiger partial charge in [-0.05, 0) is 74.5 Å². The molecule has 0 radical (unpaired) electrons. The molecule has 1 fully saturated rings. The van der Waals surface area contributed by atoms with Gasteiger partial charge in [0.25, 0.3) is 5.91 Å². The summed E-state index contributed by atoms with van der Waals surface area (Å²) in [6.07, 6.45) is 6.85. The summed E-state index contributed by atoms with van der Waals surface area (Å²) in [6, 6.07) is 20.9. The van der Waals surface area contributed by atoms with Gasteiger partial charge >= 0.3 is 0 Å². The fraction of sp³-hybridized carbons (Fsp3) is 0.346. The van der Waals surface area contributed by atoms with Gasteiger partial charge < -0.3 is 5.32 Å². The van der Waals surface area contributed by atoms with Crippen molar-refractivity contribution in [2.45, 2.75) is 43.5 Å². The Kier molecular flexibility index (Phi) is 7.49. The summed E-state index contributed by atoms with van der Waals surface area (Å²) in [5.74, 6) is -0.0403. The van der Waals surface area contributed by atoms with Crippen LogP contribution < -0.4 is 5.32 Å². The number of carbonyl (C=O) groups is 1. The molecule has 1 N–H and O–H groups in total. The number of nitrogens with zero attached hydrogens (tertiary/aromatic N) is 1. The smallest absolute Gasteiger partial charge is 0.256 e. The van der Waals surface area contributed by atoms with Gasteiger partial charge in [0.15, 0.2) is 0 Å². The first kappa shape index (κ1) is 22.1. The van der Waals surface area contributed by atoms with Crippen LogP contribution in [0.1, 0.15) is 58.6 Å². The standard InChI is InChI=1S/C26H30N2OS2/c1-3-21-18-23(26(31-21)27-25(29)20-10-6-4-7-11-20)24(28-16-8-5-9-17-28)19-12-14-22(30-2)15-13-19/h4,6-7,10-15,18,24H,3,5,8-9,16-17H2,1-2H3,(H,27,29). The molecule has 1 amide bonds. The molecule has 2 heterocycles. The van der Waals surface area contributed by atoms with Crippen molar-refractivity contribution in [3.8, 4) is 0 Å². The minimum absolute atomic E-state index is 0.0403. The monoisotopic (exact) mass is 450 g/mol. The number of hydrogen-bond acceptors (Lipinski definition) is 4. The molecule has 5 heteroatoms. The number of thioether (sulfide) groups is 1. The van der Waals surface area contributed by atoms with Crippen molar-refractivity contribution in [2.24, 2.45) is 0 Å². The molecular formula is C26H30N2OS2. The number of piperidine rings is 1. The van der Waals surface area contributed by atoms with Gasteiger partial charge in [-0.1, -0.05) is 43.7 Å². The molecule has 3 aromatic rings. The Morgan fingerprint density at radius 2 is 1.77 bits per heavy atom. The van der Waals surface area contributed by atoms with E-state index in [0.29, 0.717) is 5.56 Å². The Bertz CT molecular complexity index is 992.